The van der Waals surface area contributed by atoms with Gasteiger partial charge in [-0.05, 0) is 103 Å². The Morgan fingerprint density at radius 3 is 0.890 bits per heavy atom. The van der Waals surface area contributed by atoms with Crippen molar-refractivity contribution in [1.29, 1.82) is 0 Å². The molecule has 422 valence electrons. The second kappa shape index (κ2) is 61.4. The van der Waals surface area contributed by atoms with Gasteiger partial charge in [0, 0.05) is 19.3 Å². The Bertz CT molecular complexity index is 1360. The topological polar surface area (TPSA) is 78.9 Å². The first-order chi connectivity index (χ1) is 36.0. The van der Waals surface area contributed by atoms with Crippen LogP contribution in [-0.2, 0) is 28.6 Å². The Balaban J connectivity index is 4.26. The lowest BCUT2D eigenvalue weighted by molar-refractivity contribution is -0.167. The number of ether oxygens (including phenoxy) is 3. The van der Waals surface area contributed by atoms with Crippen LogP contribution in [0, 0.1) is 0 Å². The number of hydrogen-bond acceptors (Lipinski definition) is 6. The summed E-state index contributed by atoms with van der Waals surface area (Å²) in [5, 5.41) is 0. The SMILES string of the molecule is CC/C=C\C/C=C\C/C=C\C/C=C\CCCCCCCCC(=O)OC(COC(=O)CCCCCCC/C=C\CCCC)COC(=O)CCCCCCCCCCCCCCC/C=C\CCCCCCCCCC. The lowest BCUT2D eigenvalue weighted by Crippen LogP contribution is -2.30. The number of esters is 3. The van der Waals surface area contributed by atoms with Gasteiger partial charge in [-0.15, -0.1) is 0 Å². The van der Waals surface area contributed by atoms with Crippen molar-refractivity contribution in [3.8, 4) is 0 Å². The van der Waals surface area contributed by atoms with Crippen LogP contribution in [0.4, 0.5) is 0 Å². The van der Waals surface area contributed by atoms with Gasteiger partial charge in [-0.2, -0.15) is 0 Å². The van der Waals surface area contributed by atoms with Crippen molar-refractivity contribution in [2.75, 3.05) is 13.2 Å². The van der Waals surface area contributed by atoms with Gasteiger partial charge >= 0.3 is 17.9 Å². The number of allylic oxidation sites excluding steroid dienone is 12. The summed E-state index contributed by atoms with van der Waals surface area (Å²) in [7, 11) is 0. The summed E-state index contributed by atoms with van der Waals surface area (Å²) in [5.41, 5.74) is 0. The molecule has 6 nitrogen and oxygen atoms in total. The molecule has 0 heterocycles. The number of carbonyl (C=O) groups is 3. The highest BCUT2D eigenvalue weighted by Gasteiger charge is 2.19. The zero-order valence-corrected chi connectivity index (χ0v) is 48.4. The first-order valence-electron chi connectivity index (χ1n) is 31.4. The highest BCUT2D eigenvalue weighted by Crippen LogP contribution is 2.16. The zero-order chi connectivity index (χ0) is 52.9. The average Bonchev–Trinajstić information content (AvgIpc) is 3.39. The van der Waals surface area contributed by atoms with Gasteiger partial charge in [0.2, 0.25) is 0 Å². The lowest BCUT2D eigenvalue weighted by Gasteiger charge is -2.18. The van der Waals surface area contributed by atoms with Crippen LogP contribution in [0.15, 0.2) is 72.9 Å². The first-order valence-corrected chi connectivity index (χ1v) is 31.4. The largest absolute Gasteiger partial charge is 0.462 e. The fraction of sp³-hybridized carbons (Fsp3) is 0.776. The van der Waals surface area contributed by atoms with Crippen LogP contribution in [0.25, 0.3) is 0 Å². The van der Waals surface area contributed by atoms with Crippen LogP contribution in [0.2, 0.25) is 0 Å². The van der Waals surface area contributed by atoms with Gasteiger partial charge in [0.1, 0.15) is 13.2 Å². The van der Waals surface area contributed by atoms with Crippen molar-refractivity contribution in [1.82, 2.24) is 0 Å². The number of carbonyl (C=O) groups excluding carboxylic acids is 3. The Hall–Kier alpha value is -3.15. The van der Waals surface area contributed by atoms with E-state index in [0.717, 1.165) is 103 Å². The second-order valence-corrected chi connectivity index (χ2v) is 20.9. The molecule has 0 N–H and O–H groups in total. The molecule has 0 radical (unpaired) electrons. The third kappa shape index (κ3) is 59.6. The quantitative estimate of drug-likeness (QED) is 0.0261. The summed E-state index contributed by atoms with van der Waals surface area (Å²) < 4.78 is 16.9. The van der Waals surface area contributed by atoms with Crippen molar-refractivity contribution in [3.05, 3.63) is 72.9 Å². The summed E-state index contributed by atoms with van der Waals surface area (Å²) >= 11 is 0. The summed E-state index contributed by atoms with van der Waals surface area (Å²) in [6.07, 6.45) is 79.1. The molecule has 0 aromatic heterocycles. The maximum absolute atomic E-state index is 12.9. The zero-order valence-electron chi connectivity index (χ0n) is 48.4. The number of rotatable bonds is 57. The maximum Gasteiger partial charge on any atom is 0.306 e. The normalized spacial score (nSPS) is 12.5. The second-order valence-electron chi connectivity index (χ2n) is 20.9. The first kappa shape index (κ1) is 69.8. The molecule has 0 aliphatic rings. The molecular formula is C67H118O6. The predicted octanol–water partition coefficient (Wildman–Crippen LogP) is 21.3. The van der Waals surface area contributed by atoms with Crippen LogP contribution < -0.4 is 0 Å². The van der Waals surface area contributed by atoms with Gasteiger partial charge in [-0.25, -0.2) is 0 Å². The van der Waals surface area contributed by atoms with Crippen molar-refractivity contribution in [2.24, 2.45) is 0 Å². The van der Waals surface area contributed by atoms with Gasteiger partial charge in [-0.3, -0.25) is 14.4 Å². The van der Waals surface area contributed by atoms with Crippen molar-refractivity contribution in [2.45, 2.75) is 322 Å². The van der Waals surface area contributed by atoms with Crippen LogP contribution >= 0.6 is 0 Å². The van der Waals surface area contributed by atoms with Gasteiger partial charge < -0.3 is 14.2 Å². The van der Waals surface area contributed by atoms with Crippen LogP contribution in [0.3, 0.4) is 0 Å². The third-order valence-corrected chi connectivity index (χ3v) is 13.7. The molecule has 0 saturated heterocycles. The van der Waals surface area contributed by atoms with Crippen molar-refractivity contribution in [3.63, 3.8) is 0 Å². The third-order valence-electron chi connectivity index (χ3n) is 13.7. The number of hydrogen-bond donors (Lipinski definition) is 0. The van der Waals surface area contributed by atoms with E-state index in [-0.39, 0.29) is 31.1 Å². The highest BCUT2D eigenvalue weighted by molar-refractivity contribution is 5.71. The molecular weight excluding hydrogens is 901 g/mol. The summed E-state index contributed by atoms with van der Waals surface area (Å²) in [4.78, 5) is 38.2. The molecule has 0 rings (SSSR count). The molecule has 0 amide bonds. The van der Waals surface area contributed by atoms with E-state index in [4.69, 9.17) is 14.2 Å². The smallest absolute Gasteiger partial charge is 0.306 e. The van der Waals surface area contributed by atoms with Crippen molar-refractivity contribution >= 4 is 17.9 Å². The molecule has 0 aliphatic carbocycles. The minimum absolute atomic E-state index is 0.0825. The molecule has 0 aliphatic heterocycles. The van der Waals surface area contributed by atoms with E-state index >= 15 is 0 Å². The summed E-state index contributed by atoms with van der Waals surface area (Å²) in [6, 6.07) is 0. The Morgan fingerprint density at radius 2 is 0.548 bits per heavy atom. The summed E-state index contributed by atoms with van der Waals surface area (Å²) in [5.74, 6) is -0.896. The molecule has 0 bridgehead atoms. The summed E-state index contributed by atoms with van der Waals surface area (Å²) in [6.45, 7) is 6.50. The predicted molar refractivity (Wildman–Crippen MR) is 316 cm³/mol. The minimum Gasteiger partial charge on any atom is -0.462 e. The van der Waals surface area contributed by atoms with Crippen molar-refractivity contribution < 1.29 is 28.6 Å². The van der Waals surface area contributed by atoms with Gasteiger partial charge in [0.25, 0.3) is 0 Å². The van der Waals surface area contributed by atoms with Crippen LogP contribution in [-0.4, -0.2) is 37.2 Å². The van der Waals surface area contributed by atoms with E-state index in [2.05, 4.69) is 93.7 Å². The van der Waals surface area contributed by atoms with E-state index in [1.54, 1.807) is 0 Å². The Morgan fingerprint density at radius 1 is 0.288 bits per heavy atom. The molecule has 6 heteroatoms. The van der Waals surface area contributed by atoms with Gasteiger partial charge in [0.05, 0.1) is 0 Å². The van der Waals surface area contributed by atoms with E-state index < -0.39 is 6.10 Å². The van der Waals surface area contributed by atoms with Crippen LogP contribution in [0.1, 0.15) is 316 Å². The highest BCUT2D eigenvalue weighted by atomic mass is 16.6. The number of unbranched alkanes of at least 4 members (excludes halogenated alkanes) is 34. The molecule has 0 saturated carbocycles. The van der Waals surface area contributed by atoms with E-state index in [1.165, 1.54) is 173 Å². The molecule has 1 atom stereocenters. The van der Waals surface area contributed by atoms with Gasteiger partial charge in [0.15, 0.2) is 6.10 Å². The van der Waals surface area contributed by atoms with E-state index in [1.807, 2.05) is 0 Å². The molecule has 1 unspecified atom stereocenters. The molecule has 73 heavy (non-hydrogen) atoms. The maximum atomic E-state index is 12.9. The monoisotopic (exact) mass is 1020 g/mol. The molecule has 0 spiro atoms. The van der Waals surface area contributed by atoms with E-state index in [0.29, 0.717) is 19.3 Å². The molecule has 0 fully saturated rings. The standard InChI is InChI=1S/C67H118O6/c1-4-7-10-13-16-19-22-24-26-28-30-31-32-33-34-35-37-38-40-42-45-48-51-54-57-60-66(69)72-63-64(62-71-65(68)59-56-53-50-47-44-21-18-15-12-9-6-3)73-67(70)61-58-55-52-49-46-43-41-39-36-29-27-25-23-20-17-14-11-8-5-2/h8,11,15,17-18,20,25,27-28,30,36,39,64H,4-7,9-10,12-14,16,19,21-24,26,29,31-35,37-38,40-63H2,1-3H3/b11-8-,18-15-,20-17-,27-25-,30-28-,39-36-. The van der Waals surface area contributed by atoms with Gasteiger partial charge in [-0.1, -0.05) is 267 Å². The Labute approximate surface area is 453 Å². The fourth-order valence-corrected chi connectivity index (χ4v) is 8.94. The van der Waals surface area contributed by atoms with Crippen LogP contribution in [0.5, 0.6) is 0 Å². The average molecular weight is 1020 g/mol. The Kier molecular flexibility index (Phi) is 58.7. The molecule has 0 aromatic carbocycles. The fourth-order valence-electron chi connectivity index (χ4n) is 8.94. The molecule has 0 aromatic rings. The van der Waals surface area contributed by atoms with E-state index in [9.17, 15) is 14.4 Å². The minimum atomic E-state index is -0.786. The lowest BCUT2D eigenvalue weighted by atomic mass is 10.0.